The zero-order chi connectivity index (χ0) is 23.3. The molecule has 1 heterocycles. The van der Waals surface area contributed by atoms with Crippen LogP contribution in [-0.4, -0.2) is 47.2 Å². The van der Waals surface area contributed by atoms with Gasteiger partial charge in [-0.2, -0.15) is 0 Å². The van der Waals surface area contributed by atoms with Crippen LogP contribution in [0.4, 0.5) is 0 Å². The third-order valence-electron chi connectivity index (χ3n) is 5.36. The van der Waals surface area contributed by atoms with E-state index >= 15 is 0 Å². The Labute approximate surface area is 189 Å². The van der Waals surface area contributed by atoms with Crippen LogP contribution in [0, 0.1) is 0 Å². The third-order valence-corrected chi connectivity index (χ3v) is 5.36. The molecule has 0 N–H and O–H groups in total. The molecule has 0 radical (unpaired) electrons. The van der Waals surface area contributed by atoms with Crippen molar-refractivity contribution >= 4 is 5.91 Å². The fourth-order valence-corrected chi connectivity index (χ4v) is 3.14. The minimum absolute atomic E-state index is 0.0953. The molecule has 0 saturated heterocycles. The fraction of sp³-hybridized carbons (Fsp3) is 0.360. The largest absolute Gasteiger partial charge is 0.497 e. The zero-order valence-corrected chi connectivity index (χ0v) is 19.6. The maximum Gasteiger partial charge on any atom is 0.290 e. The number of hydrogen-bond acceptors (Lipinski definition) is 5. The van der Waals surface area contributed by atoms with Crippen LogP contribution >= 0.6 is 0 Å². The molecule has 0 spiro atoms. The molecule has 1 amide bonds. The van der Waals surface area contributed by atoms with E-state index in [0.717, 1.165) is 11.3 Å². The number of amides is 1. The van der Waals surface area contributed by atoms with Crippen LogP contribution in [-0.2, 0) is 13.0 Å². The highest BCUT2D eigenvalue weighted by Crippen LogP contribution is 2.33. The second kappa shape index (κ2) is 9.77. The van der Waals surface area contributed by atoms with Crippen molar-refractivity contribution in [3.05, 3.63) is 66.2 Å². The summed E-state index contributed by atoms with van der Waals surface area (Å²) in [5.41, 5.74) is 0.788. The average Bonchev–Trinajstić information content (AvgIpc) is 3.25. The van der Waals surface area contributed by atoms with Crippen molar-refractivity contribution in [3.8, 4) is 23.0 Å². The van der Waals surface area contributed by atoms with Crippen LogP contribution in [0.15, 0.2) is 54.9 Å². The van der Waals surface area contributed by atoms with Crippen LogP contribution < -0.4 is 14.2 Å². The van der Waals surface area contributed by atoms with Gasteiger partial charge >= 0.3 is 0 Å². The van der Waals surface area contributed by atoms with Gasteiger partial charge in [-0.05, 0) is 57.0 Å². The smallest absolute Gasteiger partial charge is 0.290 e. The fourth-order valence-electron chi connectivity index (χ4n) is 3.14. The van der Waals surface area contributed by atoms with Crippen LogP contribution in [0.5, 0.6) is 23.0 Å². The Bertz CT molecular complexity index is 1070. The summed E-state index contributed by atoms with van der Waals surface area (Å²) in [7, 11) is 5.04. The van der Waals surface area contributed by atoms with Crippen molar-refractivity contribution in [1.82, 2.24) is 14.5 Å². The SMILES string of the molecule is COc1cccc(Oc2ccc(CCn3ccnc3C(=O)N(C)C(C)(C)C)cc2OC)c1. The molecule has 0 atom stereocenters. The van der Waals surface area contributed by atoms with Gasteiger partial charge < -0.3 is 23.7 Å². The van der Waals surface area contributed by atoms with Crippen molar-refractivity contribution in [2.24, 2.45) is 0 Å². The number of nitrogens with zero attached hydrogens (tertiary/aromatic N) is 3. The predicted molar refractivity (Wildman–Crippen MR) is 124 cm³/mol. The van der Waals surface area contributed by atoms with E-state index in [1.54, 1.807) is 32.4 Å². The number of imidazole rings is 1. The van der Waals surface area contributed by atoms with Gasteiger partial charge in [0.25, 0.3) is 5.91 Å². The van der Waals surface area contributed by atoms with Gasteiger partial charge in [-0.15, -0.1) is 0 Å². The number of rotatable bonds is 8. The molecule has 32 heavy (non-hydrogen) atoms. The molecule has 0 aliphatic heterocycles. The highest BCUT2D eigenvalue weighted by Gasteiger charge is 2.26. The summed E-state index contributed by atoms with van der Waals surface area (Å²) in [6.45, 7) is 6.62. The first kappa shape index (κ1) is 23.2. The van der Waals surface area contributed by atoms with Gasteiger partial charge in [0.15, 0.2) is 17.3 Å². The molecule has 3 rings (SSSR count). The molecule has 0 bridgehead atoms. The second-order valence-corrected chi connectivity index (χ2v) is 8.50. The molecular weight excluding hydrogens is 406 g/mol. The van der Waals surface area contributed by atoms with E-state index in [0.29, 0.717) is 36.0 Å². The molecule has 0 fully saturated rings. The van der Waals surface area contributed by atoms with Crippen LogP contribution in [0.3, 0.4) is 0 Å². The van der Waals surface area contributed by atoms with Crippen LogP contribution in [0.2, 0.25) is 0 Å². The Balaban J connectivity index is 1.72. The van der Waals surface area contributed by atoms with E-state index < -0.39 is 0 Å². The lowest BCUT2D eigenvalue weighted by molar-refractivity contribution is 0.0638. The summed E-state index contributed by atoms with van der Waals surface area (Å²) >= 11 is 0. The topological polar surface area (TPSA) is 65.8 Å². The summed E-state index contributed by atoms with van der Waals surface area (Å²) in [5.74, 6) is 2.99. The number of carbonyl (C=O) groups excluding carboxylic acids is 1. The van der Waals surface area contributed by atoms with E-state index in [9.17, 15) is 4.79 Å². The Morgan fingerprint density at radius 2 is 1.78 bits per heavy atom. The van der Waals surface area contributed by atoms with Gasteiger partial charge in [-0.25, -0.2) is 4.98 Å². The predicted octanol–water partition coefficient (Wildman–Crippen LogP) is 4.81. The van der Waals surface area contributed by atoms with E-state index in [4.69, 9.17) is 14.2 Å². The molecule has 3 aromatic rings. The van der Waals surface area contributed by atoms with E-state index in [1.165, 1.54) is 0 Å². The summed E-state index contributed by atoms with van der Waals surface area (Å²) in [5, 5.41) is 0. The van der Waals surface area contributed by atoms with Crippen molar-refractivity contribution in [1.29, 1.82) is 0 Å². The van der Waals surface area contributed by atoms with Crippen LogP contribution in [0.25, 0.3) is 0 Å². The maximum atomic E-state index is 12.8. The Hall–Kier alpha value is -3.48. The number of aryl methyl sites for hydroxylation is 2. The van der Waals surface area contributed by atoms with Crippen LogP contribution in [0.1, 0.15) is 37.0 Å². The summed E-state index contributed by atoms with van der Waals surface area (Å²) in [4.78, 5) is 18.8. The maximum absolute atomic E-state index is 12.8. The third kappa shape index (κ3) is 5.41. The molecule has 2 aromatic carbocycles. The standard InChI is InChI=1S/C25H31N3O4/c1-25(2,3)27(4)24(29)23-26-13-15-28(23)14-12-18-10-11-21(22(16-18)31-6)32-20-9-7-8-19(17-20)30-5/h7-11,13,15-17H,12,14H2,1-6H3. The highest BCUT2D eigenvalue weighted by molar-refractivity contribution is 5.91. The number of methoxy groups -OCH3 is 2. The zero-order valence-electron chi connectivity index (χ0n) is 19.6. The second-order valence-electron chi connectivity index (χ2n) is 8.50. The van der Waals surface area contributed by atoms with Gasteiger partial charge in [0.2, 0.25) is 0 Å². The first-order chi connectivity index (χ1) is 15.2. The van der Waals surface area contributed by atoms with E-state index in [-0.39, 0.29) is 11.4 Å². The van der Waals surface area contributed by atoms with Gasteiger partial charge in [-0.3, -0.25) is 4.79 Å². The van der Waals surface area contributed by atoms with Gasteiger partial charge in [0.05, 0.1) is 14.2 Å². The van der Waals surface area contributed by atoms with E-state index in [2.05, 4.69) is 4.98 Å². The molecule has 0 aliphatic rings. The number of hydrogen-bond donors (Lipinski definition) is 0. The molecule has 0 aliphatic carbocycles. The van der Waals surface area contributed by atoms with Gasteiger partial charge in [0, 0.05) is 37.6 Å². The number of benzene rings is 2. The quantitative estimate of drug-likeness (QED) is 0.506. The minimum Gasteiger partial charge on any atom is -0.497 e. The van der Waals surface area contributed by atoms with Crippen molar-refractivity contribution in [2.45, 2.75) is 39.3 Å². The minimum atomic E-state index is -0.278. The Morgan fingerprint density at radius 3 is 2.47 bits per heavy atom. The molecule has 0 saturated carbocycles. The number of ether oxygens (including phenoxy) is 3. The normalized spacial score (nSPS) is 11.2. The molecule has 170 valence electrons. The van der Waals surface area contributed by atoms with Gasteiger partial charge in [0.1, 0.15) is 11.5 Å². The average molecular weight is 438 g/mol. The van der Waals surface area contributed by atoms with Gasteiger partial charge in [-0.1, -0.05) is 12.1 Å². The monoisotopic (exact) mass is 437 g/mol. The molecular formula is C25H31N3O4. The van der Waals surface area contributed by atoms with Crippen molar-refractivity contribution in [3.63, 3.8) is 0 Å². The lowest BCUT2D eigenvalue weighted by Crippen LogP contribution is -2.43. The number of aromatic nitrogens is 2. The first-order valence-electron chi connectivity index (χ1n) is 10.5. The Kier molecular flexibility index (Phi) is 7.08. The number of carbonyl (C=O) groups is 1. The van der Waals surface area contributed by atoms with E-state index in [1.807, 2.05) is 74.0 Å². The molecule has 0 unspecified atom stereocenters. The Morgan fingerprint density at radius 1 is 1.03 bits per heavy atom. The molecule has 1 aromatic heterocycles. The summed E-state index contributed by atoms with van der Waals surface area (Å²) in [6.07, 6.45) is 4.21. The summed E-state index contributed by atoms with van der Waals surface area (Å²) < 4.78 is 18.7. The highest BCUT2D eigenvalue weighted by atomic mass is 16.5. The lowest BCUT2D eigenvalue weighted by atomic mass is 10.1. The molecule has 7 nitrogen and oxygen atoms in total. The lowest BCUT2D eigenvalue weighted by Gasteiger charge is -2.31. The first-order valence-corrected chi connectivity index (χ1v) is 10.5. The van der Waals surface area contributed by atoms with Crippen molar-refractivity contribution < 1.29 is 19.0 Å². The summed E-state index contributed by atoms with van der Waals surface area (Å²) in [6, 6.07) is 13.3. The van der Waals surface area contributed by atoms with Crippen molar-refractivity contribution in [2.75, 3.05) is 21.3 Å². The molecule has 7 heteroatoms.